The van der Waals surface area contributed by atoms with E-state index in [9.17, 15) is 19.7 Å². The highest BCUT2D eigenvalue weighted by Crippen LogP contribution is 2.44. The van der Waals surface area contributed by atoms with Crippen LogP contribution in [0, 0.1) is 10.1 Å². The maximum absolute atomic E-state index is 12.9. The SMILES string of the molecule is O=C(N[C@H](COC(=O)Oc1ccc([N+](=O)[O-])cc1)Cc1ccccc1)OCC1c2ccccc2-c2ccccc21. The number of nitro benzene ring substituents is 1. The minimum atomic E-state index is -0.999. The fraction of sp³-hybridized carbons (Fsp3) is 0.161. The van der Waals surface area contributed by atoms with Gasteiger partial charge in [0, 0.05) is 18.1 Å². The molecule has 40 heavy (non-hydrogen) atoms. The summed E-state index contributed by atoms with van der Waals surface area (Å²) in [7, 11) is 0. The second-order valence-electron chi connectivity index (χ2n) is 9.27. The number of benzene rings is 4. The molecule has 1 aliphatic rings. The van der Waals surface area contributed by atoms with Gasteiger partial charge in [-0.1, -0.05) is 78.9 Å². The van der Waals surface area contributed by atoms with E-state index in [1.807, 2.05) is 66.7 Å². The molecule has 0 spiro atoms. The van der Waals surface area contributed by atoms with Crippen LogP contribution in [0.15, 0.2) is 103 Å². The van der Waals surface area contributed by atoms with Gasteiger partial charge in [-0.15, -0.1) is 0 Å². The number of rotatable bonds is 9. The van der Waals surface area contributed by atoms with E-state index in [-0.39, 0.29) is 30.6 Å². The number of amides is 1. The number of nitro groups is 1. The van der Waals surface area contributed by atoms with Gasteiger partial charge in [-0.25, -0.2) is 9.59 Å². The maximum Gasteiger partial charge on any atom is 0.513 e. The molecule has 5 rings (SSSR count). The summed E-state index contributed by atoms with van der Waals surface area (Å²) >= 11 is 0. The Morgan fingerprint density at radius 2 is 1.40 bits per heavy atom. The van der Waals surface area contributed by atoms with E-state index >= 15 is 0 Å². The topological polar surface area (TPSA) is 117 Å². The molecule has 0 fully saturated rings. The second-order valence-corrected chi connectivity index (χ2v) is 9.27. The van der Waals surface area contributed by atoms with E-state index in [0.29, 0.717) is 6.42 Å². The number of carbonyl (C=O) groups excluding carboxylic acids is 2. The number of carbonyl (C=O) groups is 2. The van der Waals surface area contributed by atoms with Gasteiger partial charge in [-0.3, -0.25) is 10.1 Å². The molecular weight excluding hydrogens is 512 g/mol. The van der Waals surface area contributed by atoms with Crippen molar-refractivity contribution < 1.29 is 28.7 Å². The Morgan fingerprint density at radius 3 is 2.02 bits per heavy atom. The van der Waals surface area contributed by atoms with Crippen molar-refractivity contribution in [3.8, 4) is 16.9 Å². The van der Waals surface area contributed by atoms with Crippen LogP contribution in [0.1, 0.15) is 22.6 Å². The highest BCUT2D eigenvalue weighted by molar-refractivity contribution is 5.79. The summed E-state index contributed by atoms with van der Waals surface area (Å²) < 4.78 is 16.0. The van der Waals surface area contributed by atoms with Crippen LogP contribution in [0.2, 0.25) is 0 Å². The van der Waals surface area contributed by atoms with Gasteiger partial charge in [-0.2, -0.15) is 0 Å². The van der Waals surface area contributed by atoms with Crippen LogP contribution in [0.3, 0.4) is 0 Å². The van der Waals surface area contributed by atoms with E-state index in [2.05, 4.69) is 17.4 Å². The Bertz CT molecular complexity index is 1460. The van der Waals surface area contributed by atoms with Gasteiger partial charge in [0.1, 0.15) is 19.0 Å². The van der Waals surface area contributed by atoms with E-state index in [1.165, 1.54) is 24.3 Å². The number of nitrogens with zero attached hydrogens (tertiary/aromatic N) is 1. The number of fused-ring (bicyclic) bond motifs is 3. The van der Waals surface area contributed by atoms with Crippen molar-refractivity contribution in [1.29, 1.82) is 0 Å². The zero-order valence-corrected chi connectivity index (χ0v) is 21.4. The van der Waals surface area contributed by atoms with Gasteiger partial charge in [0.05, 0.1) is 11.0 Å². The summed E-state index contributed by atoms with van der Waals surface area (Å²) in [6.07, 6.45) is -1.24. The molecule has 0 saturated heterocycles. The minimum absolute atomic E-state index is 0.0846. The van der Waals surface area contributed by atoms with Crippen LogP contribution in [0.5, 0.6) is 5.75 Å². The quantitative estimate of drug-likeness (QED) is 0.116. The molecule has 1 atom stereocenters. The number of hydrogen-bond donors (Lipinski definition) is 1. The van der Waals surface area contributed by atoms with Gasteiger partial charge < -0.3 is 19.5 Å². The smallest absolute Gasteiger partial charge is 0.449 e. The first-order valence-electron chi connectivity index (χ1n) is 12.7. The fourth-order valence-electron chi connectivity index (χ4n) is 4.79. The second kappa shape index (κ2) is 12.1. The molecule has 0 heterocycles. The molecule has 4 aromatic carbocycles. The third kappa shape index (κ3) is 6.27. The van der Waals surface area contributed by atoms with E-state index < -0.39 is 23.2 Å². The lowest BCUT2D eigenvalue weighted by atomic mass is 9.98. The third-order valence-electron chi connectivity index (χ3n) is 6.64. The molecule has 9 heteroatoms. The molecule has 0 radical (unpaired) electrons. The van der Waals surface area contributed by atoms with Crippen LogP contribution in [-0.4, -0.2) is 36.4 Å². The lowest BCUT2D eigenvalue weighted by Crippen LogP contribution is -2.41. The van der Waals surface area contributed by atoms with Gasteiger partial charge in [0.2, 0.25) is 0 Å². The standard InChI is InChI=1S/C31H26N2O7/c34-30(38-20-29-27-12-6-4-10-25(27)26-11-5-7-13-28(26)29)32-22(18-21-8-2-1-3-9-21)19-39-31(35)40-24-16-14-23(15-17-24)33(36)37/h1-17,22,29H,18-20H2,(H,32,34)/t22-/m0/s1. The fourth-order valence-corrected chi connectivity index (χ4v) is 4.79. The molecule has 1 aliphatic carbocycles. The molecule has 0 aliphatic heterocycles. The largest absolute Gasteiger partial charge is 0.513 e. The number of hydrogen-bond acceptors (Lipinski definition) is 7. The molecule has 202 valence electrons. The van der Waals surface area contributed by atoms with Crippen LogP contribution < -0.4 is 10.1 Å². The zero-order valence-electron chi connectivity index (χ0n) is 21.4. The third-order valence-corrected chi connectivity index (χ3v) is 6.64. The first kappa shape index (κ1) is 26.4. The highest BCUT2D eigenvalue weighted by atomic mass is 16.7. The van der Waals surface area contributed by atoms with Crippen molar-refractivity contribution >= 4 is 17.9 Å². The molecule has 0 saturated carbocycles. The van der Waals surface area contributed by atoms with Crippen molar-refractivity contribution in [3.63, 3.8) is 0 Å². The van der Waals surface area contributed by atoms with E-state index in [4.69, 9.17) is 14.2 Å². The lowest BCUT2D eigenvalue weighted by Gasteiger charge is -2.20. The summed E-state index contributed by atoms with van der Waals surface area (Å²) in [4.78, 5) is 35.4. The Balaban J connectivity index is 1.20. The Labute approximate surface area is 230 Å². The van der Waals surface area contributed by atoms with Crippen molar-refractivity contribution in [1.82, 2.24) is 5.32 Å². The number of ether oxygens (including phenoxy) is 3. The zero-order chi connectivity index (χ0) is 27.9. The Hall–Kier alpha value is -5.18. The van der Waals surface area contributed by atoms with Crippen LogP contribution in [0.25, 0.3) is 11.1 Å². The average Bonchev–Trinajstić information content (AvgIpc) is 3.29. The highest BCUT2D eigenvalue weighted by Gasteiger charge is 2.29. The van der Waals surface area contributed by atoms with Crippen LogP contribution >= 0.6 is 0 Å². The molecule has 0 aromatic heterocycles. The summed E-state index contributed by atoms with van der Waals surface area (Å²) in [6, 6.07) is 30.1. The summed E-state index contributed by atoms with van der Waals surface area (Å²) in [5, 5.41) is 13.6. The lowest BCUT2D eigenvalue weighted by molar-refractivity contribution is -0.384. The van der Waals surface area contributed by atoms with Gasteiger partial charge in [0.25, 0.3) is 5.69 Å². The average molecular weight is 539 g/mol. The number of alkyl carbamates (subject to hydrolysis) is 1. The number of nitrogens with one attached hydrogen (secondary N) is 1. The normalized spacial score (nSPS) is 12.5. The van der Waals surface area contributed by atoms with Crippen LogP contribution in [-0.2, 0) is 15.9 Å². The molecule has 9 nitrogen and oxygen atoms in total. The van der Waals surface area contributed by atoms with Crippen molar-refractivity contribution in [3.05, 3.63) is 130 Å². The Morgan fingerprint density at radius 1 is 0.800 bits per heavy atom. The maximum atomic E-state index is 12.9. The monoisotopic (exact) mass is 538 g/mol. The molecule has 4 aromatic rings. The summed E-state index contributed by atoms with van der Waals surface area (Å²) in [6.45, 7) is -0.0220. The van der Waals surface area contributed by atoms with Crippen LogP contribution in [0.4, 0.5) is 15.3 Å². The van der Waals surface area contributed by atoms with E-state index in [0.717, 1.165) is 27.8 Å². The van der Waals surface area contributed by atoms with Crippen molar-refractivity contribution in [2.24, 2.45) is 0 Å². The molecule has 0 unspecified atom stereocenters. The first-order valence-corrected chi connectivity index (χ1v) is 12.7. The Kier molecular flexibility index (Phi) is 8.01. The predicted octanol–water partition coefficient (Wildman–Crippen LogP) is 6.26. The van der Waals surface area contributed by atoms with E-state index in [1.54, 1.807) is 0 Å². The molecule has 1 N–H and O–H groups in total. The summed E-state index contributed by atoms with van der Waals surface area (Å²) in [5.74, 6) is 0.0124. The molecule has 1 amide bonds. The van der Waals surface area contributed by atoms with Gasteiger partial charge in [0.15, 0.2) is 0 Å². The first-order chi connectivity index (χ1) is 19.5. The van der Waals surface area contributed by atoms with Gasteiger partial charge >= 0.3 is 12.2 Å². The van der Waals surface area contributed by atoms with Gasteiger partial charge in [-0.05, 0) is 46.4 Å². The molecule has 0 bridgehead atoms. The minimum Gasteiger partial charge on any atom is -0.449 e. The number of non-ortho nitro benzene ring substituents is 1. The van der Waals surface area contributed by atoms with Crippen molar-refractivity contribution in [2.45, 2.75) is 18.4 Å². The predicted molar refractivity (Wildman–Crippen MR) is 147 cm³/mol. The van der Waals surface area contributed by atoms with Crippen molar-refractivity contribution in [2.75, 3.05) is 13.2 Å². The summed E-state index contributed by atoms with van der Waals surface area (Å²) in [5.41, 5.74) is 5.28. The molecular formula is C31H26N2O7.